The number of benzene rings is 3. The zero-order chi connectivity index (χ0) is 23.8. The molecule has 4 aromatic rings. The molecule has 0 bridgehead atoms. The smallest absolute Gasteiger partial charge is 0.310 e. The SMILES string of the molecule is CCCOC(=O)Cc1ccc(OCc2ccc(OCc3ccc4ccccc4n3)cc2)c(F)c1. The summed E-state index contributed by atoms with van der Waals surface area (Å²) < 4.78 is 30.9. The molecule has 6 heteroatoms. The minimum Gasteiger partial charge on any atom is -0.487 e. The summed E-state index contributed by atoms with van der Waals surface area (Å²) in [6, 6.07) is 23.9. The monoisotopic (exact) mass is 459 g/mol. The van der Waals surface area contributed by atoms with E-state index in [2.05, 4.69) is 4.98 Å². The van der Waals surface area contributed by atoms with Crippen LogP contribution in [0.5, 0.6) is 11.5 Å². The van der Waals surface area contributed by atoms with Gasteiger partial charge in [-0.1, -0.05) is 49.4 Å². The first-order valence-corrected chi connectivity index (χ1v) is 11.2. The van der Waals surface area contributed by atoms with E-state index in [4.69, 9.17) is 14.2 Å². The highest BCUT2D eigenvalue weighted by molar-refractivity contribution is 5.78. The minimum atomic E-state index is -0.511. The van der Waals surface area contributed by atoms with Crippen LogP contribution in [0.25, 0.3) is 10.9 Å². The molecule has 0 saturated carbocycles. The van der Waals surface area contributed by atoms with Crippen molar-refractivity contribution in [3.8, 4) is 11.5 Å². The molecule has 0 aliphatic heterocycles. The first-order chi connectivity index (χ1) is 16.6. The third-order valence-corrected chi connectivity index (χ3v) is 5.17. The lowest BCUT2D eigenvalue weighted by Crippen LogP contribution is -2.09. The largest absolute Gasteiger partial charge is 0.487 e. The number of nitrogens with zero attached hydrogens (tertiary/aromatic N) is 1. The number of ether oxygens (including phenoxy) is 3. The topological polar surface area (TPSA) is 57.7 Å². The average molecular weight is 460 g/mol. The van der Waals surface area contributed by atoms with E-state index in [0.717, 1.165) is 28.6 Å². The average Bonchev–Trinajstić information content (AvgIpc) is 2.86. The molecule has 0 aliphatic rings. The van der Waals surface area contributed by atoms with Gasteiger partial charge in [0, 0.05) is 5.39 Å². The summed E-state index contributed by atoms with van der Waals surface area (Å²) in [4.78, 5) is 16.3. The van der Waals surface area contributed by atoms with Crippen LogP contribution in [0.2, 0.25) is 0 Å². The molecular formula is C28H26FNO4. The second kappa shape index (κ2) is 11.3. The van der Waals surface area contributed by atoms with Crippen LogP contribution in [-0.2, 0) is 29.2 Å². The highest BCUT2D eigenvalue weighted by atomic mass is 19.1. The first-order valence-electron chi connectivity index (χ1n) is 11.2. The van der Waals surface area contributed by atoms with Crippen LogP contribution in [0.4, 0.5) is 4.39 Å². The van der Waals surface area contributed by atoms with E-state index >= 15 is 0 Å². The number of esters is 1. The van der Waals surface area contributed by atoms with Crippen LogP contribution in [0.3, 0.4) is 0 Å². The molecule has 0 spiro atoms. The molecule has 0 radical (unpaired) electrons. The van der Waals surface area contributed by atoms with Gasteiger partial charge >= 0.3 is 5.97 Å². The fourth-order valence-corrected chi connectivity index (χ4v) is 3.39. The van der Waals surface area contributed by atoms with Gasteiger partial charge in [0.05, 0.1) is 24.2 Å². The Hall–Kier alpha value is -3.93. The highest BCUT2D eigenvalue weighted by Crippen LogP contribution is 2.21. The Morgan fingerprint density at radius 1 is 0.882 bits per heavy atom. The summed E-state index contributed by atoms with van der Waals surface area (Å²) in [5, 5.41) is 1.09. The summed E-state index contributed by atoms with van der Waals surface area (Å²) >= 11 is 0. The number of halogens is 1. The van der Waals surface area contributed by atoms with Crippen molar-refractivity contribution in [1.29, 1.82) is 0 Å². The minimum absolute atomic E-state index is 0.0351. The predicted molar refractivity (Wildman–Crippen MR) is 128 cm³/mol. The molecule has 5 nitrogen and oxygen atoms in total. The highest BCUT2D eigenvalue weighted by Gasteiger charge is 2.10. The van der Waals surface area contributed by atoms with Gasteiger partial charge in [0.1, 0.15) is 19.0 Å². The van der Waals surface area contributed by atoms with Crippen LogP contribution >= 0.6 is 0 Å². The van der Waals surface area contributed by atoms with E-state index in [-0.39, 0.29) is 24.7 Å². The number of pyridine rings is 1. The standard InChI is InChI=1S/C28H26FNO4/c1-2-15-32-28(31)17-21-9-14-27(25(29)16-21)34-18-20-7-12-24(13-8-20)33-19-23-11-10-22-5-3-4-6-26(22)30-23/h3-14,16H,2,15,17-19H2,1H3. The van der Waals surface area contributed by atoms with E-state index in [1.165, 1.54) is 12.1 Å². The lowest BCUT2D eigenvalue weighted by molar-refractivity contribution is -0.142. The fourth-order valence-electron chi connectivity index (χ4n) is 3.39. The maximum Gasteiger partial charge on any atom is 0.310 e. The number of rotatable bonds is 10. The number of carbonyl (C=O) groups is 1. The fraction of sp³-hybridized carbons (Fsp3) is 0.214. The van der Waals surface area contributed by atoms with E-state index in [1.807, 2.05) is 67.6 Å². The molecule has 1 heterocycles. The second-order valence-electron chi connectivity index (χ2n) is 7.88. The van der Waals surface area contributed by atoms with Crippen molar-refractivity contribution >= 4 is 16.9 Å². The molecular weight excluding hydrogens is 433 g/mol. The Balaban J connectivity index is 1.28. The number of para-hydroxylation sites is 1. The van der Waals surface area contributed by atoms with Crippen molar-refractivity contribution in [2.75, 3.05) is 6.61 Å². The number of fused-ring (bicyclic) bond motifs is 1. The van der Waals surface area contributed by atoms with Gasteiger partial charge in [-0.25, -0.2) is 9.37 Å². The Labute approximate surface area is 198 Å². The van der Waals surface area contributed by atoms with E-state index in [1.54, 1.807) is 6.07 Å². The normalized spacial score (nSPS) is 10.8. The Bertz CT molecular complexity index is 1260. The van der Waals surface area contributed by atoms with Crippen molar-refractivity contribution in [3.05, 3.63) is 102 Å². The van der Waals surface area contributed by atoms with E-state index in [9.17, 15) is 9.18 Å². The second-order valence-corrected chi connectivity index (χ2v) is 7.88. The van der Waals surface area contributed by atoms with Crippen molar-refractivity contribution in [2.24, 2.45) is 0 Å². The summed E-state index contributed by atoms with van der Waals surface area (Å²) in [5.41, 5.74) is 3.22. The van der Waals surface area contributed by atoms with E-state index in [0.29, 0.717) is 24.5 Å². The van der Waals surface area contributed by atoms with Gasteiger partial charge in [0.15, 0.2) is 11.6 Å². The van der Waals surface area contributed by atoms with E-state index < -0.39 is 5.82 Å². The van der Waals surface area contributed by atoms with Gasteiger partial charge in [-0.2, -0.15) is 0 Å². The molecule has 0 fully saturated rings. The molecule has 0 atom stereocenters. The Morgan fingerprint density at radius 3 is 2.47 bits per heavy atom. The first kappa shape index (κ1) is 23.2. The van der Waals surface area contributed by atoms with Crippen LogP contribution in [-0.4, -0.2) is 17.6 Å². The molecule has 0 amide bonds. The number of carbonyl (C=O) groups excluding carboxylic acids is 1. The molecule has 4 rings (SSSR count). The third kappa shape index (κ3) is 6.32. The maximum atomic E-state index is 14.4. The summed E-state index contributed by atoms with van der Waals surface area (Å²) in [6.07, 6.45) is 0.787. The van der Waals surface area contributed by atoms with Crippen LogP contribution in [0.15, 0.2) is 78.9 Å². The van der Waals surface area contributed by atoms with Gasteiger partial charge in [-0.15, -0.1) is 0 Å². The van der Waals surface area contributed by atoms with Crippen molar-refractivity contribution in [3.63, 3.8) is 0 Å². The molecule has 0 N–H and O–H groups in total. The zero-order valence-electron chi connectivity index (χ0n) is 19.0. The van der Waals surface area contributed by atoms with Crippen LogP contribution in [0.1, 0.15) is 30.2 Å². The zero-order valence-corrected chi connectivity index (χ0v) is 19.0. The maximum absolute atomic E-state index is 14.4. The van der Waals surface area contributed by atoms with Crippen molar-refractivity contribution in [2.45, 2.75) is 33.0 Å². The number of hydrogen-bond acceptors (Lipinski definition) is 5. The summed E-state index contributed by atoms with van der Waals surface area (Å²) in [5.74, 6) is -0.0326. The number of aromatic nitrogens is 1. The van der Waals surface area contributed by atoms with Crippen molar-refractivity contribution < 1.29 is 23.4 Å². The molecule has 174 valence electrons. The lowest BCUT2D eigenvalue weighted by Gasteiger charge is -2.10. The van der Waals surface area contributed by atoms with Crippen molar-refractivity contribution in [1.82, 2.24) is 4.98 Å². The van der Waals surface area contributed by atoms with Crippen LogP contribution < -0.4 is 9.47 Å². The van der Waals surface area contributed by atoms with Gasteiger partial charge in [0.2, 0.25) is 0 Å². The Morgan fingerprint density at radius 2 is 1.68 bits per heavy atom. The molecule has 0 unspecified atom stereocenters. The van der Waals surface area contributed by atoms with Gasteiger partial charge < -0.3 is 14.2 Å². The van der Waals surface area contributed by atoms with Gasteiger partial charge in [-0.3, -0.25) is 4.79 Å². The summed E-state index contributed by atoms with van der Waals surface area (Å²) in [6.45, 7) is 2.86. The van der Waals surface area contributed by atoms with Gasteiger partial charge in [0.25, 0.3) is 0 Å². The quantitative estimate of drug-likeness (QED) is 0.271. The van der Waals surface area contributed by atoms with Gasteiger partial charge in [-0.05, 0) is 53.9 Å². The molecule has 34 heavy (non-hydrogen) atoms. The molecule has 0 saturated heterocycles. The molecule has 0 aliphatic carbocycles. The number of hydrogen-bond donors (Lipinski definition) is 0. The summed E-state index contributed by atoms with van der Waals surface area (Å²) in [7, 11) is 0. The predicted octanol–water partition coefficient (Wildman–Crippen LogP) is 6.03. The molecule has 1 aromatic heterocycles. The lowest BCUT2D eigenvalue weighted by atomic mass is 10.1. The van der Waals surface area contributed by atoms with Crippen LogP contribution in [0, 0.1) is 5.82 Å². The Kier molecular flexibility index (Phi) is 7.71. The third-order valence-electron chi connectivity index (χ3n) is 5.17. The molecule has 3 aromatic carbocycles.